The Morgan fingerprint density at radius 2 is 1.94 bits per heavy atom. The van der Waals surface area contributed by atoms with Crippen LogP contribution >= 0.6 is 0 Å². The van der Waals surface area contributed by atoms with Crippen LogP contribution in [0.15, 0.2) is 36.4 Å². The van der Waals surface area contributed by atoms with Crippen LogP contribution in [0.1, 0.15) is 17.0 Å². The van der Waals surface area contributed by atoms with E-state index >= 15 is 0 Å². The van der Waals surface area contributed by atoms with Crippen molar-refractivity contribution in [2.75, 3.05) is 0 Å². The Hall–Kier alpha value is -2.34. The highest BCUT2D eigenvalue weighted by Crippen LogP contribution is 2.18. The summed E-state index contributed by atoms with van der Waals surface area (Å²) in [7, 11) is 0. The fraction of sp³-hybridized carbons (Fsp3) is 0.143. The summed E-state index contributed by atoms with van der Waals surface area (Å²) in [5.74, 6) is 0. The molecule has 0 aliphatic carbocycles. The summed E-state index contributed by atoms with van der Waals surface area (Å²) >= 11 is 0. The van der Waals surface area contributed by atoms with Crippen molar-refractivity contribution in [1.82, 2.24) is 9.78 Å². The molecule has 0 saturated carbocycles. The first-order valence-corrected chi connectivity index (χ1v) is 5.42. The minimum absolute atomic E-state index is 0.929. The van der Waals surface area contributed by atoms with E-state index in [4.69, 9.17) is 5.26 Å². The quantitative estimate of drug-likeness (QED) is 0.734. The molecule has 0 saturated heterocycles. The highest BCUT2D eigenvalue weighted by Gasteiger charge is 2.09. The molecule has 2 rings (SSSR count). The van der Waals surface area contributed by atoms with E-state index in [9.17, 15) is 0 Å². The molecule has 0 unspecified atom stereocenters. The number of aryl methyl sites for hydroxylation is 1. The summed E-state index contributed by atoms with van der Waals surface area (Å²) in [4.78, 5) is 0. The Bertz CT molecular complexity index is 586. The van der Waals surface area contributed by atoms with E-state index in [1.54, 1.807) is 6.08 Å². The van der Waals surface area contributed by atoms with Crippen molar-refractivity contribution in [2.24, 2.45) is 0 Å². The molecule has 17 heavy (non-hydrogen) atoms. The lowest BCUT2D eigenvalue weighted by molar-refractivity contribution is 0.833. The van der Waals surface area contributed by atoms with Crippen LogP contribution in [-0.4, -0.2) is 9.78 Å². The van der Waals surface area contributed by atoms with Crippen molar-refractivity contribution in [1.29, 1.82) is 5.26 Å². The Morgan fingerprint density at radius 3 is 2.59 bits per heavy atom. The number of para-hydroxylation sites is 1. The SMILES string of the molecule is Cc1nn(-c2ccccc2)c(C)c1C=CC#N. The molecule has 2 aromatic rings. The zero-order valence-corrected chi connectivity index (χ0v) is 9.88. The van der Waals surface area contributed by atoms with E-state index in [1.807, 2.05) is 54.9 Å². The maximum absolute atomic E-state index is 8.57. The number of rotatable bonds is 2. The topological polar surface area (TPSA) is 41.6 Å². The van der Waals surface area contributed by atoms with Crippen LogP contribution < -0.4 is 0 Å². The van der Waals surface area contributed by atoms with Crippen molar-refractivity contribution in [2.45, 2.75) is 13.8 Å². The summed E-state index contributed by atoms with van der Waals surface area (Å²) in [6.45, 7) is 3.95. The lowest BCUT2D eigenvalue weighted by atomic mass is 10.2. The van der Waals surface area contributed by atoms with Crippen LogP contribution in [0, 0.1) is 25.2 Å². The number of nitriles is 1. The Morgan fingerprint density at radius 1 is 1.24 bits per heavy atom. The van der Waals surface area contributed by atoms with Crippen LogP contribution in [0.5, 0.6) is 0 Å². The summed E-state index contributed by atoms with van der Waals surface area (Å²) < 4.78 is 1.90. The maximum atomic E-state index is 8.57. The van der Waals surface area contributed by atoms with Gasteiger partial charge in [0, 0.05) is 17.3 Å². The molecular weight excluding hydrogens is 210 g/mol. The van der Waals surface area contributed by atoms with Gasteiger partial charge in [0.15, 0.2) is 0 Å². The van der Waals surface area contributed by atoms with Crippen LogP contribution in [-0.2, 0) is 0 Å². The summed E-state index contributed by atoms with van der Waals surface area (Å²) in [6, 6.07) is 12.0. The molecule has 0 N–H and O–H groups in total. The van der Waals surface area contributed by atoms with Crippen molar-refractivity contribution in [3.63, 3.8) is 0 Å². The second-order valence-electron chi connectivity index (χ2n) is 3.79. The molecule has 0 atom stereocenters. The first kappa shape index (κ1) is 11.2. The number of allylic oxidation sites excluding steroid dienone is 1. The largest absolute Gasteiger partial charge is 0.237 e. The molecule has 0 amide bonds. The number of benzene rings is 1. The van der Waals surface area contributed by atoms with Gasteiger partial charge in [-0.25, -0.2) is 4.68 Å². The second-order valence-corrected chi connectivity index (χ2v) is 3.79. The van der Waals surface area contributed by atoms with E-state index in [2.05, 4.69) is 5.10 Å². The number of aromatic nitrogens is 2. The molecule has 0 spiro atoms. The third-order valence-electron chi connectivity index (χ3n) is 2.67. The van der Waals surface area contributed by atoms with Crippen molar-refractivity contribution in [3.8, 4) is 11.8 Å². The van der Waals surface area contributed by atoms with E-state index in [0.29, 0.717) is 0 Å². The Labute approximate surface area is 101 Å². The zero-order valence-electron chi connectivity index (χ0n) is 9.88. The lowest BCUT2D eigenvalue weighted by Crippen LogP contribution is -1.98. The lowest BCUT2D eigenvalue weighted by Gasteiger charge is -2.03. The van der Waals surface area contributed by atoms with Gasteiger partial charge in [0.1, 0.15) is 0 Å². The van der Waals surface area contributed by atoms with Gasteiger partial charge in [-0.2, -0.15) is 10.4 Å². The average Bonchev–Trinajstić information content (AvgIpc) is 2.64. The molecule has 0 aliphatic rings. The van der Waals surface area contributed by atoms with Gasteiger partial charge in [0.25, 0.3) is 0 Å². The summed E-state index contributed by atoms with van der Waals surface area (Å²) in [5, 5.41) is 13.1. The smallest absolute Gasteiger partial charge is 0.0912 e. The van der Waals surface area contributed by atoms with Crippen LogP contribution in [0.3, 0.4) is 0 Å². The fourth-order valence-corrected chi connectivity index (χ4v) is 1.84. The molecule has 1 heterocycles. The normalized spacial score (nSPS) is 10.6. The Kier molecular flexibility index (Phi) is 3.06. The van der Waals surface area contributed by atoms with Gasteiger partial charge in [0.05, 0.1) is 17.5 Å². The standard InChI is InChI=1S/C14H13N3/c1-11-14(9-6-10-15)12(2)17(16-11)13-7-4-3-5-8-13/h3-9H,1-2H3. The third-order valence-corrected chi connectivity index (χ3v) is 2.67. The van der Waals surface area contributed by atoms with Gasteiger partial charge in [-0.3, -0.25) is 0 Å². The molecule has 84 valence electrons. The predicted molar refractivity (Wildman–Crippen MR) is 67.7 cm³/mol. The second kappa shape index (κ2) is 4.67. The van der Waals surface area contributed by atoms with Crippen LogP contribution in [0.2, 0.25) is 0 Å². The maximum Gasteiger partial charge on any atom is 0.0912 e. The average molecular weight is 223 g/mol. The highest BCUT2D eigenvalue weighted by atomic mass is 15.3. The first-order valence-electron chi connectivity index (χ1n) is 5.42. The summed E-state index contributed by atoms with van der Waals surface area (Å²) in [6.07, 6.45) is 3.28. The molecule has 1 aromatic heterocycles. The van der Waals surface area contributed by atoms with E-state index in [0.717, 1.165) is 22.6 Å². The molecule has 1 aromatic carbocycles. The van der Waals surface area contributed by atoms with E-state index < -0.39 is 0 Å². The van der Waals surface area contributed by atoms with Crippen LogP contribution in [0.4, 0.5) is 0 Å². The molecule has 0 fully saturated rings. The highest BCUT2D eigenvalue weighted by molar-refractivity contribution is 5.57. The Balaban J connectivity index is 2.52. The van der Waals surface area contributed by atoms with Crippen LogP contribution in [0.25, 0.3) is 11.8 Å². The van der Waals surface area contributed by atoms with Gasteiger partial charge in [0.2, 0.25) is 0 Å². The fourth-order valence-electron chi connectivity index (χ4n) is 1.84. The van der Waals surface area contributed by atoms with Gasteiger partial charge >= 0.3 is 0 Å². The molecule has 0 bridgehead atoms. The first-order chi connectivity index (χ1) is 8.24. The minimum Gasteiger partial charge on any atom is -0.237 e. The third kappa shape index (κ3) is 2.11. The van der Waals surface area contributed by atoms with Crippen molar-refractivity contribution in [3.05, 3.63) is 53.4 Å². The van der Waals surface area contributed by atoms with Gasteiger partial charge in [-0.1, -0.05) is 18.2 Å². The van der Waals surface area contributed by atoms with Crippen molar-refractivity contribution >= 4 is 6.08 Å². The molecule has 3 nitrogen and oxygen atoms in total. The number of nitrogens with zero attached hydrogens (tertiary/aromatic N) is 3. The van der Waals surface area contributed by atoms with Crippen molar-refractivity contribution < 1.29 is 0 Å². The van der Waals surface area contributed by atoms with Gasteiger partial charge < -0.3 is 0 Å². The summed E-state index contributed by atoms with van der Waals surface area (Å²) in [5.41, 5.74) is 4.01. The molecule has 0 radical (unpaired) electrons. The minimum atomic E-state index is 0.929. The van der Waals surface area contributed by atoms with E-state index in [1.165, 1.54) is 6.08 Å². The van der Waals surface area contributed by atoms with Gasteiger partial charge in [-0.05, 0) is 32.1 Å². The predicted octanol–water partition coefficient (Wildman–Crippen LogP) is 3.03. The zero-order chi connectivity index (χ0) is 12.3. The molecule has 0 aliphatic heterocycles. The monoisotopic (exact) mass is 223 g/mol. The van der Waals surface area contributed by atoms with Gasteiger partial charge in [-0.15, -0.1) is 0 Å². The molecular formula is C14H13N3. The number of hydrogen-bond donors (Lipinski definition) is 0. The molecule has 3 heteroatoms. The number of hydrogen-bond acceptors (Lipinski definition) is 2. The van der Waals surface area contributed by atoms with E-state index in [-0.39, 0.29) is 0 Å².